The highest BCUT2D eigenvalue weighted by Crippen LogP contribution is 2.29. The third-order valence-corrected chi connectivity index (χ3v) is 2.71. The Kier molecular flexibility index (Phi) is 5.10. The first kappa shape index (κ1) is 13.9. The van der Waals surface area contributed by atoms with Gasteiger partial charge in [-0.15, -0.1) is 0 Å². The van der Waals surface area contributed by atoms with Crippen molar-refractivity contribution in [2.24, 2.45) is 11.3 Å². The van der Waals surface area contributed by atoms with Gasteiger partial charge in [-0.3, -0.25) is 0 Å². The molecule has 0 spiro atoms. The van der Waals surface area contributed by atoms with Gasteiger partial charge in [0, 0.05) is 12.6 Å². The Bertz CT molecular complexity index is 152. The summed E-state index contributed by atoms with van der Waals surface area (Å²) in [5, 5.41) is 0. The van der Waals surface area contributed by atoms with Gasteiger partial charge in [-0.1, -0.05) is 27.7 Å². The summed E-state index contributed by atoms with van der Waals surface area (Å²) in [5.41, 5.74) is 0.334. The van der Waals surface area contributed by atoms with Crippen LogP contribution in [0.1, 0.15) is 27.7 Å². The van der Waals surface area contributed by atoms with E-state index in [0.29, 0.717) is 17.4 Å². The van der Waals surface area contributed by atoms with Crippen molar-refractivity contribution in [3.8, 4) is 0 Å². The van der Waals surface area contributed by atoms with Crippen LogP contribution in [0.5, 0.6) is 0 Å². The van der Waals surface area contributed by atoms with Crippen molar-refractivity contribution in [1.82, 2.24) is 9.80 Å². The van der Waals surface area contributed by atoms with Gasteiger partial charge in [-0.05, 0) is 39.5 Å². The van der Waals surface area contributed by atoms with Gasteiger partial charge in [-0.2, -0.15) is 0 Å². The van der Waals surface area contributed by atoms with Crippen molar-refractivity contribution in [2.45, 2.75) is 33.7 Å². The molecule has 0 aliphatic rings. The highest BCUT2D eigenvalue weighted by Gasteiger charge is 2.33. The zero-order valence-corrected chi connectivity index (χ0v) is 11.3. The molecule has 14 heavy (non-hydrogen) atoms. The fraction of sp³-hybridized carbons (Fsp3) is 1.00. The van der Waals surface area contributed by atoms with Crippen LogP contribution in [0.15, 0.2) is 0 Å². The van der Waals surface area contributed by atoms with Gasteiger partial charge in [0.2, 0.25) is 0 Å². The third-order valence-electron chi connectivity index (χ3n) is 2.71. The lowest BCUT2D eigenvalue weighted by molar-refractivity contribution is 0.0691. The first-order chi connectivity index (χ1) is 6.18. The Morgan fingerprint density at radius 1 is 1.00 bits per heavy atom. The maximum Gasteiger partial charge on any atom is 0.0175 e. The van der Waals surface area contributed by atoms with Crippen LogP contribution >= 0.6 is 0 Å². The van der Waals surface area contributed by atoms with E-state index in [2.05, 4.69) is 65.7 Å². The summed E-state index contributed by atoms with van der Waals surface area (Å²) in [6, 6.07) is 0.630. The molecule has 1 atom stereocenters. The highest BCUT2D eigenvalue weighted by atomic mass is 15.1. The summed E-state index contributed by atoms with van der Waals surface area (Å²) < 4.78 is 0. The molecule has 86 valence electrons. The quantitative estimate of drug-likeness (QED) is 0.671. The summed E-state index contributed by atoms with van der Waals surface area (Å²) in [6.07, 6.45) is 0. The normalized spacial score (nSPS) is 15.6. The first-order valence-corrected chi connectivity index (χ1v) is 5.49. The molecule has 1 unspecified atom stereocenters. The van der Waals surface area contributed by atoms with E-state index < -0.39 is 0 Å². The van der Waals surface area contributed by atoms with Crippen molar-refractivity contribution in [2.75, 3.05) is 34.7 Å². The molecule has 0 radical (unpaired) electrons. The fourth-order valence-electron chi connectivity index (χ4n) is 3.11. The largest absolute Gasteiger partial charge is 0.309 e. The number of rotatable bonds is 5. The molecule has 0 saturated carbocycles. The van der Waals surface area contributed by atoms with Crippen molar-refractivity contribution in [1.29, 1.82) is 0 Å². The van der Waals surface area contributed by atoms with Crippen LogP contribution in [-0.4, -0.2) is 50.6 Å². The molecular weight excluding hydrogens is 172 g/mol. The van der Waals surface area contributed by atoms with Crippen LogP contribution in [0.4, 0.5) is 0 Å². The summed E-state index contributed by atoms with van der Waals surface area (Å²) in [5.74, 6) is 0.694. The van der Waals surface area contributed by atoms with E-state index >= 15 is 0 Å². The average molecular weight is 200 g/mol. The molecule has 0 aromatic carbocycles. The number of hydrogen-bond acceptors (Lipinski definition) is 2. The van der Waals surface area contributed by atoms with E-state index in [1.165, 1.54) is 0 Å². The minimum Gasteiger partial charge on any atom is -0.309 e. The molecule has 0 N–H and O–H groups in total. The maximum atomic E-state index is 2.36. The van der Waals surface area contributed by atoms with Crippen LogP contribution in [0.25, 0.3) is 0 Å². The fourth-order valence-corrected chi connectivity index (χ4v) is 3.11. The van der Waals surface area contributed by atoms with Crippen LogP contribution in [0, 0.1) is 11.3 Å². The average Bonchev–Trinajstić information content (AvgIpc) is 1.77. The first-order valence-electron chi connectivity index (χ1n) is 5.49. The van der Waals surface area contributed by atoms with Gasteiger partial charge >= 0.3 is 0 Å². The molecule has 0 heterocycles. The topological polar surface area (TPSA) is 6.48 Å². The number of nitrogens with zero attached hydrogens (tertiary/aromatic N) is 2. The lowest BCUT2D eigenvalue weighted by Crippen LogP contribution is -2.49. The third kappa shape index (κ3) is 3.97. The number of hydrogen-bond donors (Lipinski definition) is 0. The molecule has 0 aliphatic heterocycles. The maximum absolute atomic E-state index is 2.36. The minimum absolute atomic E-state index is 0.334. The lowest BCUT2D eigenvalue weighted by atomic mass is 9.77. The summed E-state index contributed by atoms with van der Waals surface area (Å²) in [7, 11) is 8.66. The molecule has 0 aliphatic carbocycles. The monoisotopic (exact) mass is 200 g/mol. The van der Waals surface area contributed by atoms with Gasteiger partial charge in [0.25, 0.3) is 0 Å². The van der Waals surface area contributed by atoms with E-state index in [0.717, 1.165) is 6.54 Å². The van der Waals surface area contributed by atoms with Gasteiger partial charge in [0.15, 0.2) is 0 Å². The molecule has 2 nitrogen and oxygen atoms in total. The molecule has 0 saturated heterocycles. The Labute approximate surface area is 90.3 Å². The van der Waals surface area contributed by atoms with Gasteiger partial charge in [-0.25, -0.2) is 0 Å². The second kappa shape index (κ2) is 5.13. The lowest BCUT2D eigenvalue weighted by Gasteiger charge is -2.43. The summed E-state index contributed by atoms with van der Waals surface area (Å²) in [6.45, 7) is 10.5. The SMILES string of the molecule is CC(C)C(N(C)C)C(C)(C)CN(C)C. The summed E-state index contributed by atoms with van der Waals surface area (Å²) >= 11 is 0. The van der Waals surface area contributed by atoms with Crippen molar-refractivity contribution in [3.05, 3.63) is 0 Å². The molecule has 0 amide bonds. The van der Waals surface area contributed by atoms with Crippen LogP contribution in [0.2, 0.25) is 0 Å². The molecule has 0 bridgehead atoms. The van der Waals surface area contributed by atoms with E-state index in [4.69, 9.17) is 0 Å². The van der Waals surface area contributed by atoms with Crippen molar-refractivity contribution in [3.63, 3.8) is 0 Å². The summed E-state index contributed by atoms with van der Waals surface area (Å²) in [4.78, 5) is 4.63. The second-order valence-electron chi connectivity index (χ2n) is 5.88. The van der Waals surface area contributed by atoms with Crippen molar-refractivity contribution >= 4 is 0 Å². The Morgan fingerprint density at radius 2 is 1.43 bits per heavy atom. The predicted molar refractivity (Wildman–Crippen MR) is 64.6 cm³/mol. The molecule has 0 aromatic rings. The zero-order valence-electron chi connectivity index (χ0n) is 11.3. The Morgan fingerprint density at radius 3 is 1.64 bits per heavy atom. The molecular formula is C12H28N2. The van der Waals surface area contributed by atoms with Crippen LogP contribution in [0.3, 0.4) is 0 Å². The Balaban J connectivity index is 4.62. The second-order valence-corrected chi connectivity index (χ2v) is 5.88. The van der Waals surface area contributed by atoms with Crippen LogP contribution in [-0.2, 0) is 0 Å². The van der Waals surface area contributed by atoms with E-state index in [-0.39, 0.29) is 0 Å². The standard InChI is InChI=1S/C12H28N2/c1-10(2)11(14(7)8)12(3,4)9-13(5)6/h10-11H,9H2,1-8H3. The molecule has 2 heteroatoms. The molecule has 0 rings (SSSR count). The van der Waals surface area contributed by atoms with E-state index in [9.17, 15) is 0 Å². The Hall–Kier alpha value is -0.0800. The molecule has 0 aromatic heterocycles. The van der Waals surface area contributed by atoms with Crippen molar-refractivity contribution < 1.29 is 0 Å². The zero-order chi connectivity index (χ0) is 11.5. The minimum atomic E-state index is 0.334. The highest BCUT2D eigenvalue weighted by molar-refractivity contribution is 4.87. The smallest absolute Gasteiger partial charge is 0.0175 e. The predicted octanol–water partition coefficient (Wildman–Crippen LogP) is 2.16. The van der Waals surface area contributed by atoms with Gasteiger partial charge < -0.3 is 9.80 Å². The van der Waals surface area contributed by atoms with Crippen LogP contribution < -0.4 is 0 Å². The van der Waals surface area contributed by atoms with E-state index in [1.54, 1.807) is 0 Å². The van der Waals surface area contributed by atoms with Gasteiger partial charge in [0.1, 0.15) is 0 Å². The molecule has 0 fully saturated rings. The van der Waals surface area contributed by atoms with Gasteiger partial charge in [0.05, 0.1) is 0 Å². The van der Waals surface area contributed by atoms with E-state index in [1.807, 2.05) is 0 Å².